The highest BCUT2D eigenvalue weighted by Gasteiger charge is 2.33. The van der Waals surface area contributed by atoms with Gasteiger partial charge in [0.25, 0.3) is 0 Å². The molecule has 0 aromatic heterocycles. The molecule has 1 aromatic rings. The van der Waals surface area contributed by atoms with E-state index in [4.69, 9.17) is 0 Å². The number of hydrogen-bond donors (Lipinski definition) is 1. The lowest BCUT2D eigenvalue weighted by Crippen LogP contribution is -2.39. The first-order valence-corrected chi connectivity index (χ1v) is 9.71. The van der Waals surface area contributed by atoms with Gasteiger partial charge in [-0.15, -0.1) is 11.8 Å². The summed E-state index contributed by atoms with van der Waals surface area (Å²) < 4.78 is 39.0. The summed E-state index contributed by atoms with van der Waals surface area (Å²) in [6, 6.07) is 4.80. The van der Waals surface area contributed by atoms with Crippen LogP contribution >= 0.6 is 11.8 Å². The number of likely N-dealkylation sites (N-methyl/N-ethyl adjacent to an activating group) is 1. The van der Waals surface area contributed by atoms with E-state index in [0.717, 1.165) is 18.9 Å². The summed E-state index contributed by atoms with van der Waals surface area (Å²) >= 11 is 1.60. The molecule has 0 saturated heterocycles. The van der Waals surface area contributed by atoms with Gasteiger partial charge in [-0.1, -0.05) is 25.0 Å². The molecular weight excluding hydrogens is 365 g/mol. The first-order valence-electron chi connectivity index (χ1n) is 8.66. The minimum atomic E-state index is -4.55. The third-order valence-corrected chi connectivity index (χ3v) is 5.68. The summed E-state index contributed by atoms with van der Waals surface area (Å²) in [5.41, 5.74) is -1.20. The van der Waals surface area contributed by atoms with E-state index >= 15 is 0 Å². The first kappa shape index (κ1) is 20.6. The smallest absolute Gasteiger partial charge is 0.333 e. The van der Waals surface area contributed by atoms with Crippen LogP contribution < -0.4 is 5.32 Å². The number of para-hydroxylation sites is 1. The van der Waals surface area contributed by atoms with Crippen molar-refractivity contribution < 1.29 is 22.8 Å². The van der Waals surface area contributed by atoms with Gasteiger partial charge in [-0.05, 0) is 31.9 Å². The fourth-order valence-electron chi connectivity index (χ4n) is 2.91. The first-order chi connectivity index (χ1) is 12.3. The third kappa shape index (κ3) is 5.93. The van der Waals surface area contributed by atoms with Gasteiger partial charge < -0.3 is 10.2 Å². The summed E-state index contributed by atoms with van der Waals surface area (Å²) in [7, 11) is 0. The number of carbonyl (C=O) groups is 2. The molecule has 1 N–H and O–H groups in total. The maximum absolute atomic E-state index is 13.0. The van der Waals surface area contributed by atoms with Crippen LogP contribution in [-0.2, 0) is 15.8 Å². The molecule has 0 aliphatic heterocycles. The Bertz CT molecular complexity index is 631. The van der Waals surface area contributed by atoms with E-state index in [0.29, 0.717) is 17.5 Å². The summed E-state index contributed by atoms with van der Waals surface area (Å²) in [6.07, 6.45) is 0.0361. The zero-order valence-electron chi connectivity index (χ0n) is 14.6. The van der Waals surface area contributed by atoms with Crippen LogP contribution in [0.15, 0.2) is 24.3 Å². The van der Waals surface area contributed by atoms with Crippen LogP contribution in [0.2, 0.25) is 0 Å². The molecule has 1 fully saturated rings. The fraction of sp³-hybridized carbons (Fsp3) is 0.556. The molecule has 4 nitrogen and oxygen atoms in total. The van der Waals surface area contributed by atoms with Crippen molar-refractivity contribution in [2.24, 2.45) is 0 Å². The second-order valence-corrected chi connectivity index (χ2v) is 7.51. The van der Waals surface area contributed by atoms with Gasteiger partial charge in [-0.3, -0.25) is 9.59 Å². The van der Waals surface area contributed by atoms with Crippen molar-refractivity contribution >= 4 is 29.3 Å². The molecule has 1 saturated carbocycles. The Morgan fingerprint density at radius 3 is 2.50 bits per heavy atom. The number of anilines is 1. The van der Waals surface area contributed by atoms with Crippen molar-refractivity contribution in [2.75, 3.05) is 24.2 Å². The standard InChI is InChI=1S/C18H23F3N2O2S/c1-2-23(17(25)12-26-13-7-3-4-8-13)11-16(24)22-15-10-6-5-9-14(15)18(19,20)21/h5-6,9-10,13H,2-4,7-8,11-12H2,1H3,(H,22,24). The van der Waals surface area contributed by atoms with Crippen LogP contribution in [0.25, 0.3) is 0 Å². The average Bonchev–Trinajstić information content (AvgIpc) is 3.10. The van der Waals surface area contributed by atoms with Gasteiger partial charge in [-0.25, -0.2) is 0 Å². The summed E-state index contributed by atoms with van der Waals surface area (Å²) in [6.45, 7) is 1.82. The molecule has 0 unspecified atom stereocenters. The second kappa shape index (κ2) is 9.30. The van der Waals surface area contributed by atoms with Crippen molar-refractivity contribution in [3.05, 3.63) is 29.8 Å². The molecule has 0 heterocycles. The van der Waals surface area contributed by atoms with Crippen molar-refractivity contribution in [2.45, 2.75) is 44.0 Å². The Morgan fingerprint density at radius 2 is 1.88 bits per heavy atom. The minimum absolute atomic E-state index is 0.163. The number of amides is 2. The van der Waals surface area contributed by atoms with Gasteiger partial charge in [0.05, 0.1) is 23.5 Å². The number of nitrogens with zero attached hydrogens (tertiary/aromatic N) is 1. The molecule has 1 aliphatic carbocycles. The van der Waals surface area contributed by atoms with Gasteiger partial charge in [0, 0.05) is 11.8 Å². The van der Waals surface area contributed by atoms with Gasteiger partial charge in [0.1, 0.15) is 0 Å². The number of rotatable bonds is 7. The molecule has 2 amide bonds. The van der Waals surface area contributed by atoms with Crippen LogP contribution in [-0.4, -0.2) is 40.8 Å². The van der Waals surface area contributed by atoms with Crippen LogP contribution in [0.3, 0.4) is 0 Å². The number of carbonyl (C=O) groups excluding carboxylic acids is 2. The average molecular weight is 388 g/mol. The lowest BCUT2D eigenvalue weighted by molar-refractivity contribution is -0.137. The van der Waals surface area contributed by atoms with Crippen molar-refractivity contribution in [1.82, 2.24) is 4.90 Å². The predicted molar refractivity (Wildman–Crippen MR) is 97.0 cm³/mol. The van der Waals surface area contributed by atoms with Crippen LogP contribution in [0, 0.1) is 0 Å². The molecule has 1 aromatic carbocycles. The van der Waals surface area contributed by atoms with Crippen molar-refractivity contribution in [3.63, 3.8) is 0 Å². The Hall–Kier alpha value is -1.70. The van der Waals surface area contributed by atoms with Gasteiger partial charge >= 0.3 is 6.18 Å². The van der Waals surface area contributed by atoms with E-state index in [1.165, 1.54) is 35.9 Å². The molecule has 8 heteroatoms. The van der Waals surface area contributed by atoms with Gasteiger partial charge in [0.2, 0.25) is 11.8 Å². The molecular formula is C18H23F3N2O2S. The summed E-state index contributed by atoms with van der Waals surface area (Å²) in [4.78, 5) is 25.8. The Balaban J connectivity index is 1.91. The number of nitrogens with one attached hydrogen (secondary N) is 1. The summed E-state index contributed by atoms with van der Waals surface area (Å²) in [5.74, 6) is -0.503. The van der Waals surface area contributed by atoms with Crippen LogP contribution in [0.4, 0.5) is 18.9 Å². The van der Waals surface area contributed by atoms with Gasteiger partial charge in [-0.2, -0.15) is 13.2 Å². The number of halogens is 3. The molecule has 0 radical (unpaired) electrons. The molecule has 1 aliphatic rings. The van der Waals surface area contributed by atoms with E-state index in [9.17, 15) is 22.8 Å². The summed E-state index contributed by atoms with van der Waals surface area (Å²) in [5, 5.41) is 2.77. The van der Waals surface area contributed by atoms with Crippen molar-refractivity contribution in [1.29, 1.82) is 0 Å². The minimum Gasteiger partial charge on any atom is -0.333 e. The number of alkyl halides is 3. The van der Waals surface area contributed by atoms with E-state index in [-0.39, 0.29) is 18.1 Å². The zero-order chi connectivity index (χ0) is 19.2. The largest absolute Gasteiger partial charge is 0.418 e. The highest BCUT2D eigenvalue weighted by atomic mass is 32.2. The molecule has 2 rings (SSSR count). The normalized spacial score (nSPS) is 15.1. The van der Waals surface area contributed by atoms with Crippen molar-refractivity contribution in [3.8, 4) is 0 Å². The number of benzene rings is 1. The highest BCUT2D eigenvalue weighted by molar-refractivity contribution is 8.00. The monoisotopic (exact) mass is 388 g/mol. The lowest BCUT2D eigenvalue weighted by atomic mass is 10.1. The zero-order valence-corrected chi connectivity index (χ0v) is 15.5. The molecule has 144 valence electrons. The van der Waals surface area contributed by atoms with E-state index in [1.807, 2.05) is 0 Å². The number of thioether (sulfide) groups is 1. The van der Waals surface area contributed by atoms with Gasteiger partial charge in [0.15, 0.2) is 0 Å². The Kier molecular flexibility index (Phi) is 7.37. The van der Waals surface area contributed by atoms with Crippen LogP contribution in [0.5, 0.6) is 0 Å². The van der Waals surface area contributed by atoms with E-state index < -0.39 is 17.6 Å². The second-order valence-electron chi connectivity index (χ2n) is 6.22. The topological polar surface area (TPSA) is 49.4 Å². The van der Waals surface area contributed by atoms with Crippen LogP contribution in [0.1, 0.15) is 38.2 Å². The lowest BCUT2D eigenvalue weighted by Gasteiger charge is -2.21. The Morgan fingerprint density at radius 1 is 1.23 bits per heavy atom. The fourth-order valence-corrected chi connectivity index (χ4v) is 4.14. The maximum Gasteiger partial charge on any atom is 0.418 e. The molecule has 0 bridgehead atoms. The number of hydrogen-bond acceptors (Lipinski definition) is 3. The highest BCUT2D eigenvalue weighted by Crippen LogP contribution is 2.34. The quantitative estimate of drug-likeness (QED) is 0.763. The Labute approximate surface area is 155 Å². The maximum atomic E-state index is 13.0. The van der Waals surface area contributed by atoms with E-state index in [1.54, 1.807) is 18.7 Å². The molecule has 0 atom stereocenters. The molecule has 26 heavy (non-hydrogen) atoms. The molecule has 0 spiro atoms. The third-order valence-electron chi connectivity index (χ3n) is 4.32. The van der Waals surface area contributed by atoms with E-state index in [2.05, 4.69) is 5.32 Å². The predicted octanol–water partition coefficient (Wildman–Crippen LogP) is 4.17. The SMILES string of the molecule is CCN(CC(=O)Nc1ccccc1C(F)(F)F)C(=O)CSC1CCCC1.